The summed E-state index contributed by atoms with van der Waals surface area (Å²) in [5.41, 5.74) is 7.94. The molecule has 0 amide bonds. The monoisotopic (exact) mass is 413 g/mol. The summed E-state index contributed by atoms with van der Waals surface area (Å²) in [5, 5.41) is 9.65. The average Bonchev–Trinajstić information content (AvgIpc) is 2.67. The minimum absolute atomic E-state index is 0.0125. The Balaban J connectivity index is 1.54. The molecule has 1 aromatic carbocycles. The van der Waals surface area contributed by atoms with Gasteiger partial charge in [-0.3, -0.25) is 0 Å². The highest BCUT2D eigenvalue weighted by Crippen LogP contribution is 2.56. The van der Waals surface area contributed by atoms with Gasteiger partial charge in [-0.2, -0.15) is 0 Å². The van der Waals surface area contributed by atoms with E-state index < -0.39 is 0 Å². The molecule has 4 fully saturated rings. The maximum Gasteiger partial charge on any atom is 0.115 e. The smallest absolute Gasteiger partial charge is 0.115 e. The van der Waals surface area contributed by atoms with Crippen LogP contribution in [0.25, 0.3) is 0 Å². The third kappa shape index (κ3) is 4.58. The lowest BCUT2D eigenvalue weighted by Gasteiger charge is -2.61. The van der Waals surface area contributed by atoms with Crippen LogP contribution in [0.15, 0.2) is 24.3 Å². The maximum atomic E-state index is 9.65. The first-order chi connectivity index (χ1) is 14.2. The van der Waals surface area contributed by atoms with Crippen LogP contribution in [0.5, 0.6) is 5.75 Å². The first-order valence-electron chi connectivity index (χ1n) is 12.4. The second kappa shape index (κ2) is 8.47. The topological polar surface area (TPSA) is 55.5 Å². The van der Waals surface area contributed by atoms with Crippen molar-refractivity contribution < 1.29 is 9.84 Å². The summed E-state index contributed by atoms with van der Waals surface area (Å²) < 4.78 is 6.95. The Morgan fingerprint density at radius 1 is 1.10 bits per heavy atom. The van der Waals surface area contributed by atoms with E-state index in [1.165, 1.54) is 50.5 Å². The van der Waals surface area contributed by atoms with Crippen molar-refractivity contribution in [2.75, 3.05) is 0 Å². The normalized spacial score (nSPS) is 38.1. The number of rotatable bonds is 6. The van der Waals surface area contributed by atoms with Crippen molar-refractivity contribution >= 4 is 0 Å². The molecule has 168 valence electrons. The summed E-state index contributed by atoms with van der Waals surface area (Å²) in [6, 6.07) is 8.15. The van der Waals surface area contributed by atoms with Crippen LogP contribution in [-0.2, 0) is 11.2 Å². The number of aromatic hydroxyl groups is 1. The third-order valence-corrected chi connectivity index (χ3v) is 8.60. The molecule has 2 bridgehead atoms. The van der Waals surface area contributed by atoms with E-state index in [9.17, 15) is 5.11 Å². The van der Waals surface area contributed by atoms with Gasteiger partial charge in [0.25, 0.3) is 0 Å². The number of fused-ring (bicyclic) bond motifs is 3. The van der Waals surface area contributed by atoms with E-state index >= 15 is 0 Å². The molecule has 3 heteroatoms. The van der Waals surface area contributed by atoms with Crippen molar-refractivity contribution in [3.63, 3.8) is 0 Å². The molecule has 2 aliphatic carbocycles. The fourth-order valence-corrected chi connectivity index (χ4v) is 7.20. The van der Waals surface area contributed by atoms with Crippen LogP contribution in [-0.4, -0.2) is 22.4 Å². The van der Waals surface area contributed by atoms with Gasteiger partial charge < -0.3 is 15.6 Å². The van der Waals surface area contributed by atoms with Crippen LogP contribution in [0, 0.1) is 29.6 Å². The van der Waals surface area contributed by atoms with E-state index in [0.717, 1.165) is 24.7 Å². The minimum atomic E-state index is -0.0900. The average molecular weight is 414 g/mol. The van der Waals surface area contributed by atoms with Gasteiger partial charge in [-0.05, 0) is 100 Å². The Hall–Kier alpha value is -1.06. The predicted molar refractivity (Wildman–Crippen MR) is 123 cm³/mol. The maximum absolute atomic E-state index is 9.65. The highest BCUT2D eigenvalue weighted by atomic mass is 16.5. The SMILES string of the molecule is CC(C)CC[C@H]1C[C@H](Cc2ccc(O)cc2)C[C@@H]([C@]23CC[C@H]([C@H](N)C2)C(C)(C)O3)C1. The van der Waals surface area contributed by atoms with E-state index in [2.05, 4.69) is 39.8 Å². The molecule has 0 radical (unpaired) electrons. The zero-order valence-electron chi connectivity index (χ0n) is 19.6. The summed E-state index contributed by atoms with van der Waals surface area (Å²) in [6.07, 6.45) is 11.2. The molecule has 1 aromatic rings. The van der Waals surface area contributed by atoms with Gasteiger partial charge in [0.15, 0.2) is 0 Å². The van der Waals surface area contributed by atoms with Gasteiger partial charge in [0.05, 0.1) is 11.2 Å². The molecule has 0 unspecified atom stereocenters. The Morgan fingerprint density at radius 3 is 2.43 bits per heavy atom. The molecule has 2 saturated carbocycles. The van der Waals surface area contributed by atoms with Crippen molar-refractivity contribution in [1.29, 1.82) is 0 Å². The molecule has 6 atom stereocenters. The van der Waals surface area contributed by atoms with Crippen LogP contribution in [0.1, 0.15) is 84.6 Å². The molecule has 2 saturated heterocycles. The molecule has 0 aromatic heterocycles. The van der Waals surface area contributed by atoms with Crippen LogP contribution >= 0.6 is 0 Å². The molecule has 4 aliphatic rings. The van der Waals surface area contributed by atoms with E-state index in [0.29, 0.717) is 23.5 Å². The number of phenolic OH excluding ortho intramolecular Hbond substituents is 1. The number of phenols is 1. The van der Waals surface area contributed by atoms with Gasteiger partial charge in [-0.1, -0.05) is 38.8 Å². The number of nitrogens with two attached hydrogens (primary N) is 1. The lowest BCUT2D eigenvalue weighted by molar-refractivity contribution is -0.270. The summed E-state index contributed by atoms with van der Waals surface area (Å²) in [5.74, 6) is 3.75. The van der Waals surface area contributed by atoms with E-state index in [1.807, 2.05) is 12.1 Å². The van der Waals surface area contributed by atoms with Gasteiger partial charge in [0.2, 0.25) is 0 Å². The van der Waals surface area contributed by atoms with Crippen molar-refractivity contribution in [3.8, 4) is 5.75 Å². The van der Waals surface area contributed by atoms with Crippen LogP contribution in [0.2, 0.25) is 0 Å². The number of hydrogen-bond donors (Lipinski definition) is 2. The van der Waals surface area contributed by atoms with Gasteiger partial charge in [-0.15, -0.1) is 0 Å². The zero-order chi connectivity index (χ0) is 21.5. The molecule has 3 N–H and O–H groups in total. The summed E-state index contributed by atoms with van der Waals surface area (Å²) in [7, 11) is 0. The Labute approximate surface area is 183 Å². The van der Waals surface area contributed by atoms with Crippen molar-refractivity contribution in [1.82, 2.24) is 0 Å². The summed E-state index contributed by atoms with van der Waals surface area (Å²) in [4.78, 5) is 0. The summed E-state index contributed by atoms with van der Waals surface area (Å²) >= 11 is 0. The van der Waals surface area contributed by atoms with Gasteiger partial charge >= 0.3 is 0 Å². The second-order valence-corrected chi connectivity index (χ2v) is 11.8. The van der Waals surface area contributed by atoms with E-state index in [4.69, 9.17) is 10.5 Å². The first kappa shape index (κ1) is 22.1. The molecule has 3 nitrogen and oxygen atoms in total. The van der Waals surface area contributed by atoms with Crippen molar-refractivity contribution in [3.05, 3.63) is 29.8 Å². The minimum Gasteiger partial charge on any atom is -0.508 e. The van der Waals surface area contributed by atoms with Crippen LogP contribution in [0.3, 0.4) is 0 Å². The highest BCUT2D eigenvalue weighted by Gasteiger charge is 2.58. The zero-order valence-corrected chi connectivity index (χ0v) is 19.6. The van der Waals surface area contributed by atoms with Crippen LogP contribution in [0.4, 0.5) is 0 Å². The molecule has 2 aliphatic heterocycles. The summed E-state index contributed by atoms with van der Waals surface area (Å²) in [6.45, 7) is 9.25. The Kier molecular flexibility index (Phi) is 6.25. The fourth-order valence-electron chi connectivity index (χ4n) is 7.20. The van der Waals surface area contributed by atoms with Crippen molar-refractivity contribution in [2.24, 2.45) is 35.3 Å². The fraction of sp³-hybridized carbons (Fsp3) is 0.778. The van der Waals surface area contributed by atoms with Crippen LogP contribution < -0.4 is 5.73 Å². The Bertz CT molecular complexity index is 712. The van der Waals surface area contributed by atoms with Gasteiger partial charge in [0.1, 0.15) is 5.75 Å². The first-order valence-corrected chi connectivity index (χ1v) is 12.4. The largest absolute Gasteiger partial charge is 0.508 e. The lowest BCUT2D eigenvalue weighted by atomic mass is 9.57. The number of benzene rings is 1. The number of ether oxygens (including phenoxy) is 1. The standard InChI is InChI=1S/C27H43NO2/c1-18(2)5-6-20-14-21(13-19-7-9-23(29)10-8-19)16-22(15-20)27-12-11-24(25(28)17-27)26(3,4)30-27/h7-10,18,20-22,24-25,29H,5-6,11-17,28H2,1-4H3/t20-,21-,22-,24+,25+,27-/m0/s1. The van der Waals surface area contributed by atoms with Crippen molar-refractivity contribution in [2.45, 2.75) is 103 Å². The van der Waals surface area contributed by atoms with E-state index in [1.54, 1.807) is 0 Å². The molecular weight excluding hydrogens is 370 g/mol. The second-order valence-electron chi connectivity index (χ2n) is 11.8. The highest BCUT2D eigenvalue weighted by molar-refractivity contribution is 5.26. The molecule has 30 heavy (non-hydrogen) atoms. The predicted octanol–water partition coefficient (Wildman–Crippen LogP) is 6.08. The lowest BCUT2D eigenvalue weighted by Crippen LogP contribution is -2.66. The van der Waals surface area contributed by atoms with Gasteiger partial charge in [-0.25, -0.2) is 0 Å². The molecule has 0 spiro atoms. The van der Waals surface area contributed by atoms with Gasteiger partial charge in [0, 0.05) is 12.0 Å². The number of hydrogen-bond acceptors (Lipinski definition) is 3. The Morgan fingerprint density at radius 2 is 1.80 bits per heavy atom. The molecule has 5 rings (SSSR count). The quantitative estimate of drug-likeness (QED) is 0.594. The third-order valence-electron chi connectivity index (χ3n) is 8.60. The molecule has 2 heterocycles. The van der Waals surface area contributed by atoms with E-state index in [-0.39, 0.29) is 17.2 Å². The molecular formula is C27H43NO2.